The number of carbonyl (C=O) groups excluding carboxylic acids is 2. The van der Waals surface area contributed by atoms with E-state index in [1.54, 1.807) is 126 Å². The van der Waals surface area contributed by atoms with Crippen LogP contribution in [0.4, 0.5) is 34.1 Å². The van der Waals surface area contributed by atoms with E-state index >= 15 is 0 Å². The lowest BCUT2D eigenvalue weighted by Gasteiger charge is -2.25. The fourth-order valence-corrected chi connectivity index (χ4v) is 10.7. The second-order valence-corrected chi connectivity index (χ2v) is 18.5. The number of nitrogens with two attached hydrogens (primary N) is 2. The van der Waals surface area contributed by atoms with Gasteiger partial charge in [-0.1, -0.05) is 30.3 Å². The third-order valence-electron chi connectivity index (χ3n) is 10.8. The van der Waals surface area contributed by atoms with Crippen LogP contribution in [-0.4, -0.2) is 28.4 Å². The number of hydrogen-bond donors (Lipinski definition) is 4. The topological polar surface area (TPSA) is 179 Å². The zero-order valence-corrected chi connectivity index (χ0v) is 34.2. The summed E-state index contributed by atoms with van der Waals surface area (Å²) < 4.78 is 55.1. The first-order valence-electron chi connectivity index (χ1n) is 18.2. The first-order chi connectivity index (χ1) is 26.8. The Morgan fingerprint density at radius 3 is 1.37 bits per heavy atom. The Morgan fingerprint density at radius 2 is 0.912 bits per heavy atom. The van der Waals surface area contributed by atoms with Crippen LogP contribution >= 0.6 is 0 Å². The van der Waals surface area contributed by atoms with Gasteiger partial charge in [-0.2, -0.15) is 0 Å². The number of nitrogen functional groups attached to an aromatic ring is 2. The highest BCUT2D eigenvalue weighted by Crippen LogP contribution is 2.41. The Morgan fingerprint density at radius 1 is 0.474 bits per heavy atom. The van der Waals surface area contributed by atoms with Crippen molar-refractivity contribution in [3.8, 4) is 0 Å². The Kier molecular flexibility index (Phi) is 9.62. The fraction of sp³-hybridized carbons (Fsp3) is 0.156. The third-order valence-corrected chi connectivity index (χ3v) is 14.4. The van der Waals surface area contributed by atoms with Gasteiger partial charge in [0.1, 0.15) is 0 Å². The van der Waals surface area contributed by atoms with Crippen LogP contribution in [0.25, 0.3) is 0 Å². The predicted molar refractivity (Wildman–Crippen MR) is 225 cm³/mol. The monoisotopic (exact) mass is 798 g/mol. The number of anilines is 6. The van der Waals surface area contributed by atoms with Crippen LogP contribution in [0.2, 0.25) is 0 Å². The van der Waals surface area contributed by atoms with Gasteiger partial charge < -0.3 is 22.1 Å². The maximum Gasteiger partial charge on any atom is 0.206 e. The standard InChI is InChI=1S/C45H42N4O6S2/c1-23-12-17-38(29(7)41(23)47)57(54,55)32-21-27(5)43(28(6)22-32)49-37-16-15-36(39-40(37)45(51)34-11-9-8-10-33(34)44(39)50)48-42-25(3)19-31(20-26(42)4)56(52,53)30-13-14-35(46)24(2)18-30/h8-22,48-49H,46-47H2,1-7H3. The summed E-state index contributed by atoms with van der Waals surface area (Å²) in [6.45, 7) is 12.4. The summed E-state index contributed by atoms with van der Waals surface area (Å²) in [5.74, 6) is -0.718. The number of carbonyl (C=O) groups is 2. The Labute approximate surface area is 332 Å². The minimum atomic E-state index is -3.93. The number of sulfone groups is 2. The van der Waals surface area contributed by atoms with E-state index in [9.17, 15) is 26.4 Å². The molecule has 6 aromatic carbocycles. The summed E-state index contributed by atoms with van der Waals surface area (Å²) in [5, 5.41) is 6.73. The number of hydrogen-bond acceptors (Lipinski definition) is 10. The average Bonchev–Trinajstić information content (AvgIpc) is 3.16. The molecule has 0 saturated carbocycles. The molecular weight excluding hydrogens is 757 g/mol. The summed E-state index contributed by atoms with van der Waals surface area (Å²) in [5.41, 5.74) is 20.1. The number of nitrogens with one attached hydrogen (secondary N) is 2. The molecule has 6 N–H and O–H groups in total. The molecule has 0 amide bonds. The molecule has 0 spiro atoms. The second-order valence-electron chi connectivity index (χ2n) is 14.7. The Hall–Kier alpha value is -6.24. The zero-order chi connectivity index (χ0) is 41.3. The van der Waals surface area contributed by atoms with Crippen molar-refractivity contribution in [2.24, 2.45) is 0 Å². The van der Waals surface area contributed by atoms with E-state index in [0.717, 1.165) is 5.56 Å². The molecule has 12 heteroatoms. The summed E-state index contributed by atoms with van der Waals surface area (Å²) in [6.07, 6.45) is 0. The van der Waals surface area contributed by atoms with Crippen LogP contribution in [0.5, 0.6) is 0 Å². The zero-order valence-electron chi connectivity index (χ0n) is 32.6. The van der Waals surface area contributed by atoms with Crippen molar-refractivity contribution in [3.63, 3.8) is 0 Å². The SMILES string of the molecule is Cc1cc(S(=O)(=O)c2cc(C)c(Nc3ccc(Nc4c(C)cc(S(=O)(=O)c5ccc(C)c(N)c5C)cc4C)c4c3C(=O)c3ccccc3C4=O)c(C)c2)ccc1N. The van der Waals surface area contributed by atoms with Gasteiger partial charge in [-0.3, -0.25) is 9.59 Å². The Balaban J connectivity index is 1.30. The molecule has 6 aromatic rings. The summed E-state index contributed by atoms with van der Waals surface area (Å²) in [4.78, 5) is 29.2. The lowest BCUT2D eigenvalue weighted by atomic mass is 9.82. The normalized spacial score (nSPS) is 12.6. The van der Waals surface area contributed by atoms with E-state index in [1.165, 1.54) is 6.07 Å². The van der Waals surface area contributed by atoms with Crippen LogP contribution in [0.3, 0.4) is 0 Å². The number of benzene rings is 6. The van der Waals surface area contributed by atoms with Gasteiger partial charge in [0.25, 0.3) is 0 Å². The molecule has 7 rings (SSSR count). The van der Waals surface area contributed by atoms with Crippen molar-refractivity contribution in [3.05, 3.63) is 152 Å². The lowest BCUT2D eigenvalue weighted by Crippen LogP contribution is -2.23. The molecule has 57 heavy (non-hydrogen) atoms. The maximum absolute atomic E-state index is 14.3. The van der Waals surface area contributed by atoms with E-state index in [-0.39, 0.29) is 53.4 Å². The van der Waals surface area contributed by atoms with Gasteiger partial charge in [0.15, 0.2) is 11.6 Å². The van der Waals surface area contributed by atoms with Gasteiger partial charge in [-0.05, 0) is 148 Å². The number of ketones is 2. The van der Waals surface area contributed by atoms with Crippen LogP contribution in [0.15, 0.2) is 111 Å². The van der Waals surface area contributed by atoms with Gasteiger partial charge in [0, 0.05) is 33.9 Å². The minimum absolute atomic E-state index is 0.101. The quantitative estimate of drug-likeness (QED) is 0.109. The van der Waals surface area contributed by atoms with E-state index in [4.69, 9.17) is 11.5 Å². The van der Waals surface area contributed by atoms with Gasteiger partial charge in [0.05, 0.1) is 42.1 Å². The third kappa shape index (κ3) is 6.54. The molecule has 0 heterocycles. The van der Waals surface area contributed by atoms with Crippen LogP contribution < -0.4 is 22.1 Å². The fourth-order valence-electron chi connectivity index (χ4n) is 7.47. The van der Waals surface area contributed by atoms with Gasteiger partial charge in [0.2, 0.25) is 19.7 Å². The van der Waals surface area contributed by atoms with E-state index < -0.39 is 19.7 Å². The van der Waals surface area contributed by atoms with Crippen LogP contribution in [0.1, 0.15) is 70.8 Å². The molecule has 1 aliphatic carbocycles. The molecular formula is C45H42N4O6S2. The summed E-state index contributed by atoms with van der Waals surface area (Å²) in [7, 11) is -7.81. The largest absolute Gasteiger partial charge is 0.399 e. The van der Waals surface area contributed by atoms with Gasteiger partial charge >= 0.3 is 0 Å². The molecule has 0 atom stereocenters. The highest BCUT2D eigenvalue weighted by Gasteiger charge is 2.35. The molecule has 0 aromatic heterocycles. The van der Waals surface area contributed by atoms with Crippen molar-refractivity contribution in [1.82, 2.24) is 0 Å². The van der Waals surface area contributed by atoms with Crippen molar-refractivity contribution >= 4 is 65.4 Å². The summed E-state index contributed by atoms with van der Waals surface area (Å²) >= 11 is 0. The van der Waals surface area contributed by atoms with Crippen molar-refractivity contribution in [2.45, 2.75) is 68.0 Å². The van der Waals surface area contributed by atoms with E-state index in [1.807, 2.05) is 6.92 Å². The molecule has 0 bridgehead atoms. The Bertz CT molecular complexity index is 2930. The summed E-state index contributed by atoms with van der Waals surface area (Å²) in [6, 6.07) is 24.2. The number of fused-ring (bicyclic) bond motifs is 2. The minimum Gasteiger partial charge on any atom is -0.399 e. The maximum atomic E-state index is 14.3. The average molecular weight is 799 g/mol. The predicted octanol–water partition coefficient (Wildman–Crippen LogP) is 8.94. The first-order valence-corrected chi connectivity index (χ1v) is 21.1. The molecule has 0 unspecified atom stereocenters. The molecule has 0 radical (unpaired) electrons. The molecule has 10 nitrogen and oxygen atoms in total. The van der Waals surface area contributed by atoms with Crippen molar-refractivity contribution in [2.75, 3.05) is 22.1 Å². The molecule has 0 fully saturated rings. The van der Waals surface area contributed by atoms with E-state index in [0.29, 0.717) is 67.5 Å². The lowest BCUT2D eigenvalue weighted by molar-refractivity contribution is 0.0980. The smallest absolute Gasteiger partial charge is 0.206 e. The van der Waals surface area contributed by atoms with E-state index in [2.05, 4.69) is 10.6 Å². The van der Waals surface area contributed by atoms with Crippen molar-refractivity contribution in [1.29, 1.82) is 0 Å². The highest BCUT2D eigenvalue weighted by molar-refractivity contribution is 7.91. The second kappa shape index (κ2) is 14.1. The van der Waals surface area contributed by atoms with Crippen LogP contribution in [0, 0.1) is 48.5 Å². The van der Waals surface area contributed by atoms with Gasteiger partial charge in [-0.25, -0.2) is 16.8 Å². The number of rotatable bonds is 8. The van der Waals surface area contributed by atoms with Gasteiger partial charge in [-0.15, -0.1) is 0 Å². The van der Waals surface area contributed by atoms with Crippen LogP contribution in [-0.2, 0) is 19.7 Å². The van der Waals surface area contributed by atoms with Crippen molar-refractivity contribution < 1.29 is 26.4 Å². The molecule has 1 aliphatic rings. The number of aryl methyl sites for hydroxylation is 6. The first kappa shape index (κ1) is 39.0. The molecule has 0 saturated heterocycles. The molecule has 290 valence electrons. The molecule has 0 aliphatic heterocycles. The highest BCUT2D eigenvalue weighted by atomic mass is 32.2.